The summed E-state index contributed by atoms with van der Waals surface area (Å²) in [6.45, 7) is 4.20. The van der Waals surface area contributed by atoms with Crippen molar-refractivity contribution in [3.8, 4) is 17.0 Å². The van der Waals surface area contributed by atoms with Gasteiger partial charge in [0.1, 0.15) is 11.6 Å². The van der Waals surface area contributed by atoms with Crippen LogP contribution in [0.3, 0.4) is 0 Å². The van der Waals surface area contributed by atoms with Crippen molar-refractivity contribution < 1.29 is 13.9 Å². The van der Waals surface area contributed by atoms with Crippen LogP contribution in [0.25, 0.3) is 11.3 Å². The summed E-state index contributed by atoms with van der Waals surface area (Å²) in [5.74, 6) is -0.878. The van der Waals surface area contributed by atoms with Crippen molar-refractivity contribution >= 4 is 5.97 Å². The summed E-state index contributed by atoms with van der Waals surface area (Å²) in [7, 11) is 0. The van der Waals surface area contributed by atoms with Crippen LogP contribution in [0.5, 0.6) is 5.75 Å². The molecule has 3 nitrogen and oxygen atoms in total. The lowest BCUT2D eigenvalue weighted by Gasteiger charge is -2.08. The highest BCUT2D eigenvalue weighted by atomic mass is 19.1. The number of hydrogen-bond donors (Lipinski definition) is 0. The second kappa shape index (κ2) is 9.97. The zero-order chi connectivity index (χ0) is 20.6. The molecule has 0 spiro atoms. The average molecular weight is 391 g/mol. The van der Waals surface area contributed by atoms with Gasteiger partial charge < -0.3 is 4.74 Å². The number of benzene rings is 2. The summed E-state index contributed by atoms with van der Waals surface area (Å²) >= 11 is 0. The van der Waals surface area contributed by atoms with Crippen LogP contribution in [0.15, 0.2) is 60.8 Å². The third-order valence-electron chi connectivity index (χ3n) is 4.80. The van der Waals surface area contributed by atoms with Crippen molar-refractivity contribution in [3.63, 3.8) is 0 Å². The fourth-order valence-electron chi connectivity index (χ4n) is 3.15. The van der Waals surface area contributed by atoms with Gasteiger partial charge in [-0.05, 0) is 72.9 Å². The maximum absolute atomic E-state index is 14.2. The first-order valence-electron chi connectivity index (χ1n) is 10.2. The van der Waals surface area contributed by atoms with Gasteiger partial charge in [-0.1, -0.05) is 38.8 Å². The largest absolute Gasteiger partial charge is 0.423 e. The van der Waals surface area contributed by atoms with Crippen molar-refractivity contribution in [1.82, 2.24) is 4.98 Å². The third-order valence-corrected chi connectivity index (χ3v) is 4.80. The number of aryl methyl sites for hydroxylation is 2. The second-order valence-corrected chi connectivity index (χ2v) is 7.13. The molecule has 150 valence electrons. The van der Waals surface area contributed by atoms with Crippen LogP contribution in [-0.2, 0) is 12.8 Å². The van der Waals surface area contributed by atoms with Gasteiger partial charge in [0, 0.05) is 11.8 Å². The normalized spacial score (nSPS) is 10.7. The van der Waals surface area contributed by atoms with Crippen molar-refractivity contribution in [2.24, 2.45) is 0 Å². The first-order chi connectivity index (χ1) is 14.1. The lowest BCUT2D eigenvalue weighted by atomic mass is 10.1. The molecule has 0 aliphatic carbocycles. The fraction of sp³-hybridized carbons (Fsp3) is 0.280. The lowest BCUT2D eigenvalue weighted by molar-refractivity contribution is 0.0730. The number of rotatable bonds is 8. The molecule has 0 fully saturated rings. The molecular weight excluding hydrogens is 365 g/mol. The van der Waals surface area contributed by atoms with Crippen molar-refractivity contribution in [3.05, 3.63) is 83.3 Å². The maximum Gasteiger partial charge on any atom is 0.346 e. The van der Waals surface area contributed by atoms with Gasteiger partial charge in [-0.2, -0.15) is 0 Å². The molecule has 1 heterocycles. The van der Waals surface area contributed by atoms with E-state index in [0.29, 0.717) is 5.75 Å². The van der Waals surface area contributed by atoms with Crippen LogP contribution >= 0.6 is 0 Å². The smallest absolute Gasteiger partial charge is 0.346 e. The van der Waals surface area contributed by atoms with E-state index >= 15 is 0 Å². The van der Waals surface area contributed by atoms with Crippen LogP contribution in [0, 0.1) is 5.82 Å². The molecule has 0 amide bonds. The summed E-state index contributed by atoms with van der Waals surface area (Å²) in [6, 6.07) is 15.8. The molecule has 0 aliphatic rings. The number of aromatic nitrogens is 1. The van der Waals surface area contributed by atoms with E-state index in [9.17, 15) is 9.18 Å². The van der Waals surface area contributed by atoms with E-state index in [-0.39, 0.29) is 5.56 Å². The van der Waals surface area contributed by atoms with Gasteiger partial charge in [-0.25, -0.2) is 9.18 Å². The van der Waals surface area contributed by atoms with Gasteiger partial charge in [0.25, 0.3) is 0 Å². The Hall–Kier alpha value is -3.01. The highest BCUT2D eigenvalue weighted by Crippen LogP contribution is 2.22. The van der Waals surface area contributed by atoms with E-state index in [2.05, 4.69) is 18.0 Å². The molecule has 0 radical (unpaired) electrons. The summed E-state index contributed by atoms with van der Waals surface area (Å²) < 4.78 is 19.5. The monoisotopic (exact) mass is 391 g/mol. The summed E-state index contributed by atoms with van der Waals surface area (Å²) in [4.78, 5) is 16.8. The molecule has 0 N–H and O–H groups in total. The molecule has 3 aromatic rings. The molecule has 0 unspecified atom stereocenters. The average Bonchev–Trinajstić information content (AvgIpc) is 2.73. The number of esters is 1. The van der Waals surface area contributed by atoms with Crippen molar-refractivity contribution in [2.45, 2.75) is 46.0 Å². The van der Waals surface area contributed by atoms with Crippen molar-refractivity contribution in [2.75, 3.05) is 0 Å². The molecular formula is C25H26FNO2. The minimum Gasteiger partial charge on any atom is -0.423 e. The first-order valence-corrected chi connectivity index (χ1v) is 10.2. The van der Waals surface area contributed by atoms with E-state index in [4.69, 9.17) is 4.74 Å². The number of pyridine rings is 1. The number of nitrogens with zero attached hydrogens (tertiary/aromatic N) is 1. The quantitative estimate of drug-likeness (QED) is 0.329. The van der Waals surface area contributed by atoms with Gasteiger partial charge >= 0.3 is 5.97 Å². The molecule has 0 saturated carbocycles. The van der Waals surface area contributed by atoms with E-state index in [1.807, 2.05) is 31.3 Å². The molecule has 3 rings (SSSR count). The van der Waals surface area contributed by atoms with Crippen LogP contribution in [0.4, 0.5) is 4.39 Å². The Morgan fingerprint density at radius 1 is 0.931 bits per heavy atom. The van der Waals surface area contributed by atoms with Crippen LogP contribution in [0.2, 0.25) is 0 Å². The SMILES string of the molecule is CCCCc1ccc(-c2ccc(OC(=O)c3ccc(CCC)cc3F)cc2)nc1. The summed E-state index contributed by atoms with van der Waals surface area (Å²) in [5, 5.41) is 0. The van der Waals surface area contributed by atoms with Gasteiger partial charge in [0.05, 0.1) is 11.3 Å². The van der Waals surface area contributed by atoms with E-state index in [1.165, 1.54) is 17.7 Å². The Morgan fingerprint density at radius 3 is 2.31 bits per heavy atom. The molecule has 1 aromatic heterocycles. The number of unbranched alkanes of at least 4 members (excludes halogenated alkanes) is 1. The highest BCUT2D eigenvalue weighted by molar-refractivity contribution is 5.91. The first kappa shape index (κ1) is 20.7. The van der Waals surface area contributed by atoms with Crippen LogP contribution in [-0.4, -0.2) is 11.0 Å². The Balaban J connectivity index is 1.66. The Kier molecular flexibility index (Phi) is 7.12. The fourth-order valence-corrected chi connectivity index (χ4v) is 3.15. The molecule has 0 bridgehead atoms. The lowest BCUT2D eigenvalue weighted by Crippen LogP contribution is -2.11. The molecule has 0 saturated heterocycles. The van der Waals surface area contributed by atoms with Crippen molar-refractivity contribution in [1.29, 1.82) is 0 Å². The Bertz CT molecular complexity index is 950. The van der Waals surface area contributed by atoms with Crippen LogP contribution < -0.4 is 4.74 Å². The molecule has 2 aromatic carbocycles. The molecule has 0 atom stereocenters. The van der Waals surface area contributed by atoms with Gasteiger partial charge in [0.15, 0.2) is 0 Å². The number of carbonyl (C=O) groups is 1. The zero-order valence-corrected chi connectivity index (χ0v) is 17.0. The predicted octanol–water partition coefficient (Wildman–Crippen LogP) is 6.40. The number of halogens is 1. The minimum atomic E-state index is -0.697. The highest BCUT2D eigenvalue weighted by Gasteiger charge is 2.15. The molecule has 29 heavy (non-hydrogen) atoms. The van der Waals surface area contributed by atoms with E-state index < -0.39 is 11.8 Å². The summed E-state index contributed by atoms with van der Waals surface area (Å²) in [6.07, 6.45) is 6.96. The predicted molar refractivity (Wildman–Crippen MR) is 114 cm³/mol. The summed E-state index contributed by atoms with van der Waals surface area (Å²) in [5.41, 5.74) is 3.84. The number of carbonyl (C=O) groups excluding carboxylic acids is 1. The van der Waals surface area contributed by atoms with Gasteiger partial charge in [-0.15, -0.1) is 0 Å². The van der Waals surface area contributed by atoms with Crippen LogP contribution in [0.1, 0.15) is 54.6 Å². The topological polar surface area (TPSA) is 39.2 Å². The number of hydrogen-bond acceptors (Lipinski definition) is 3. The zero-order valence-electron chi connectivity index (χ0n) is 17.0. The standard InChI is InChI=1S/C25H26FNO2/c1-3-5-7-19-9-15-24(27-17-19)20-10-12-21(13-11-20)29-25(28)22-14-8-18(6-4-2)16-23(22)26/h8-17H,3-7H2,1-2H3. The molecule has 0 aliphatic heterocycles. The maximum atomic E-state index is 14.2. The van der Waals surface area contributed by atoms with Gasteiger partial charge in [0.2, 0.25) is 0 Å². The molecule has 4 heteroatoms. The minimum absolute atomic E-state index is 0.0572. The van der Waals surface area contributed by atoms with Gasteiger partial charge in [-0.3, -0.25) is 4.98 Å². The second-order valence-electron chi connectivity index (χ2n) is 7.13. The van der Waals surface area contributed by atoms with E-state index in [1.54, 1.807) is 18.2 Å². The third kappa shape index (κ3) is 5.50. The van der Waals surface area contributed by atoms with E-state index in [0.717, 1.165) is 48.9 Å². The Labute approximate surface area is 171 Å². The Morgan fingerprint density at radius 2 is 1.69 bits per heavy atom. The number of ether oxygens (including phenoxy) is 1.